The van der Waals surface area contributed by atoms with E-state index in [1.807, 2.05) is 41.9 Å². The van der Waals surface area contributed by atoms with Crippen molar-refractivity contribution in [2.24, 2.45) is 5.92 Å². The maximum atomic E-state index is 11.8. The van der Waals surface area contributed by atoms with Crippen molar-refractivity contribution in [2.75, 3.05) is 13.7 Å². The number of ether oxygens (including phenoxy) is 2. The summed E-state index contributed by atoms with van der Waals surface area (Å²) in [5.41, 5.74) is 4.60. The van der Waals surface area contributed by atoms with E-state index in [-0.39, 0.29) is 0 Å². The lowest BCUT2D eigenvalue weighted by Gasteiger charge is -2.14. The number of nitrogens with one attached hydrogen (secondary N) is 1. The molecular weight excluding hydrogens is 428 g/mol. The molecule has 166 valence electrons. The number of H-pyrrole nitrogens is 1. The molecule has 0 atom stereocenters. The minimum Gasteiger partial charge on any atom is -0.493 e. The van der Waals surface area contributed by atoms with Crippen LogP contribution in [0.25, 0.3) is 22.6 Å². The summed E-state index contributed by atoms with van der Waals surface area (Å²) >= 11 is 6.24. The number of imidazole rings is 1. The Morgan fingerprint density at radius 3 is 2.75 bits per heavy atom. The van der Waals surface area contributed by atoms with Crippen LogP contribution in [0.4, 0.5) is 0 Å². The van der Waals surface area contributed by atoms with Gasteiger partial charge in [-0.3, -0.25) is 4.68 Å². The number of rotatable bonds is 7. The third-order valence-corrected chi connectivity index (χ3v) is 5.28. The van der Waals surface area contributed by atoms with Gasteiger partial charge in [0.15, 0.2) is 5.82 Å². The van der Waals surface area contributed by atoms with Gasteiger partial charge in [-0.1, -0.05) is 25.4 Å². The minimum atomic E-state index is -0.395. The highest BCUT2D eigenvalue weighted by Gasteiger charge is 2.15. The Morgan fingerprint density at radius 1 is 1.19 bits per heavy atom. The molecule has 0 unspecified atom stereocenters. The summed E-state index contributed by atoms with van der Waals surface area (Å²) in [4.78, 5) is 19.7. The van der Waals surface area contributed by atoms with Gasteiger partial charge in [0, 0.05) is 16.3 Å². The number of fused-ring (bicyclic) bond motifs is 1. The molecule has 0 aliphatic heterocycles. The summed E-state index contributed by atoms with van der Waals surface area (Å²) in [6, 6.07) is 12.8. The first-order chi connectivity index (χ1) is 15.3. The smallest absolute Gasteiger partial charge is 0.337 e. The van der Waals surface area contributed by atoms with Crippen molar-refractivity contribution < 1.29 is 14.3 Å². The number of hydrogen-bond acceptors (Lipinski definition) is 5. The normalized spacial score (nSPS) is 11.3. The van der Waals surface area contributed by atoms with Crippen molar-refractivity contribution in [3.8, 4) is 17.3 Å². The molecule has 1 N–H and O–H groups in total. The number of hydrogen-bond donors (Lipinski definition) is 1. The van der Waals surface area contributed by atoms with Crippen molar-refractivity contribution in [3.63, 3.8) is 0 Å². The van der Waals surface area contributed by atoms with Crippen LogP contribution in [0.2, 0.25) is 5.02 Å². The van der Waals surface area contributed by atoms with E-state index < -0.39 is 5.97 Å². The van der Waals surface area contributed by atoms with E-state index in [1.54, 1.807) is 12.1 Å². The van der Waals surface area contributed by atoms with Gasteiger partial charge in [0.05, 0.1) is 36.9 Å². The van der Waals surface area contributed by atoms with Gasteiger partial charge in [0.25, 0.3) is 0 Å². The van der Waals surface area contributed by atoms with Crippen LogP contribution in [0.15, 0.2) is 42.5 Å². The summed E-state index contributed by atoms with van der Waals surface area (Å²) in [6.07, 6.45) is 0. The van der Waals surface area contributed by atoms with Crippen LogP contribution < -0.4 is 4.74 Å². The zero-order valence-electron chi connectivity index (χ0n) is 18.5. The first kappa shape index (κ1) is 21.9. The first-order valence-corrected chi connectivity index (χ1v) is 10.8. The fourth-order valence-electron chi connectivity index (χ4n) is 3.39. The van der Waals surface area contributed by atoms with Crippen molar-refractivity contribution in [1.29, 1.82) is 0 Å². The van der Waals surface area contributed by atoms with Gasteiger partial charge in [-0.05, 0) is 55.3 Å². The highest BCUT2D eigenvalue weighted by atomic mass is 35.5. The number of esters is 1. The molecule has 0 saturated carbocycles. The zero-order chi connectivity index (χ0) is 22.8. The van der Waals surface area contributed by atoms with Crippen molar-refractivity contribution in [3.05, 3.63) is 64.3 Å². The van der Waals surface area contributed by atoms with E-state index >= 15 is 0 Å². The molecule has 0 aliphatic carbocycles. The van der Waals surface area contributed by atoms with Gasteiger partial charge in [0.2, 0.25) is 0 Å². The summed E-state index contributed by atoms with van der Waals surface area (Å²) in [7, 11) is 1.36. The first-order valence-electron chi connectivity index (χ1n) is 10.4. The number of carbonyl (C=O) groups excluding carboxylic acids is 1. The Hall–Kier alpha value is -3.32. The third kappa shape index (κ3) is 4.62. The number of aromatic nitrogens is 4. The predicted molar refractivity (Wildman–Crippen MR) is 124 cm³/mol. The number of methoxy groups -OCH3 is 1. The summed E-state index contributed by atoms with van der Waals surface area (Å²) in [6.45, 7) is 7.37. The second-order valence-electron chi connectivity index (χ2n) is 8.09. The number of halogens is 1. The zero-order valence-corrected chi connectivity index (χ0v) is 19.2. The maximum absolute atomic E-state index is 11.8. The lowest BCUT2D eigenvalue weighted by molar-refractivity contribution is 0.0601. The molecule has 2 heterocycles. The average Bonchev–Trinajstić information content (AvgIpc) is 3.35. The fourth-order valence-corrected chi connectivity index (χ4v) is 3.58. The van der Waals surface area contributed by atoms with E-state index in [0.29, 0.717) is 46.7 Å². The molecule has 0 fully saturated rings. The quantitative estimate of drug-likeness (QED) is 0.387. The summed E-state index contributed by atoms with van der Waals surface area (Å²) in [5.74, 6) is 1.46. The second-order valence-corrected chi connectivity index (χ2v) is 8.53. The van der Waals surface area contributed by atoms with Gasteiger partial charge in [0.1, 0.15) is 11.4 Å². The molecule has 4 rings (SSSR count). The summed E-state index contributed by atoms with van der Waals surface area (Å²) in [5, 5.41) is 5.40. The molecule has 2 aromatic carbocycles. The van der Waals surface area contributed by atoms with Gasteiger partial charge in [-0.25, -0.2) is 9.78 Å². The van der Waals surface area contributed by atoms with Crippen LogP contribution >= 0.6 is 11.6 Å². The van der Waals surface area contributed by atoms with E-state index in [4.69, 9.17) is 26.2 Å². The molecule has 2 aromatic heterocycles. The highest BCUT2D eigenvalue weighted by molar-refractivity contribution is 6.30. The van der Waals surface area contributed by atoms with Crippen LogP contribution in [-0.4, -0.2) is 39.4 Å². The van der Waals surface area contributed by atoms with Crippen LogP contribution in [0.3, 0.4) is 0 Å². The molecule has 32 heavy (non-hydrogen) atoms. The Kier molecular flexibility index (Phi) is 6.19. The Morgan fingerprint density at radius 2 is 2.00 bits per heavy atom. The Balaban J connectivity index is 1.63. The monoisotopic (exact) mass is 452 g/mol. The van der Waals surface area contributed by atoms with Crippen LogP contribution in [-0.2, 0) is 11.3 Å². The molecule has 4 aromatic rings. The maximum Gasteiger partial charge on any atom is 0.337 e. The SMILES string of the molecule is COC(=O)c1ccc2[nH]c(-c3cc(C)n(Cc4cc(Cl)ccc4OCC(C)C)n3)nc2c1. The molecule has 0 saturated heterocycles. The number of aromatic amines is 1. The van der Waals surface area contributed by atoms with Gasteiger partial charge in [-0.15, -0.1) is 0 Å². The largest absolute Gasteiger partial charge is 0.493 e. The second kappa shape index (κ2) is 9.04. The van der Waals surface area contributed by atoms with E-state index in [1.165, 1.54) is 7.11 Å². The lowest BCUT2D eigenvalue weighted by atomic mass is 10.2. The van der Waals surface area contributed by atoms with Gasteiger partial charge < -0.3 is 14.5 Å². The minimum absolute atomic E-state index is 0.395. The number of nitrogens with zero attached hydrogens (tertiary/aromatic N) is 3. The molecule has 0 radical (unpaired) electrons. The van der Waals surface area contributed by atoms with Crippen molar-refractivity contribution in [1.82, 2.24) is 19.7 Å². The van der Waals surface area contributed by atoms with E-state index in [2.05, 4.69) is 23.8 Å². The summed E-state index contributed by atoms with van der Waals surface area (Å²) < 4.78 is 12.7. The van der Waals surface area contributed by atoms with E-state index in [9.17, 15) is 4.79 Å². The number of aryl methyl sites for hydroxylation is 1. The number of benzene rings is 2. The van der Waals surface area contributed by atoms with Crippen molar-refractivity contribution in [2.45, 2.75) is 27.3 Å². The Bertz CT molecular complexity index is 1280. The van der Waals surface area contributed by atoms with Crippen LogP contribution in [0.1, 0.15) is 35.5 Å². The molecule has 0 amide bonds. The predicted octanol–water partition coefficient (Wildman–Crippen LogP) is 5.26. The Labute approximate surface area is 191 Å². The van der Waals surface area contributed by atoms with Crippen molar-refractivity contribution >= 4 is 28.6 Å². The number of carbonyl (C=O) groups is 1. The lowest BCUT2D eigenvalue weighted by Crippen LogP contribution is -2.09. The molecule has 8 heteroatoms. The topological polar surface area (TPSA) is 82.0 Å². The molecular formula is C24H25ClN4O3. The third-order valence-electron chi connectivity index (χ3n) is 5.04. The van der Waals surface area contributed by atoms with Gasteiger partial charge in [-0.2, -0.15) is 5.10 Å². The average molecular weight is 453 g/mol. The molecule has 7 nitrogen and oxygen atoms in total. The molecule has 0 spiro atoms. The fraction of sp³-hybridized carbons (Fsp3) is 0.292. The van der Waals surface area contributed by atoms with Crippen LogP contribution in [0.5, 0.6) is 5.75 Å². The van der Waals surface area contributed by atoms with E-state index in [0.717, 1.165) is 22.5 Å². The highest BCUT2D eigenvalue weighted by Crippen LogP contribution is 2.26. The van der Waals surface area contributed by atoms with Gasteiger partial charge >= 0.3 is 5.97 Å². The van der Waals surface area contributed by atoms with Crippen LogP contribution in [0, 0.1) is 12.8 Å². The standard InChI is InChI=1S/C24H25ClN4O3/c1-14(2)13-32-22-8-6-18(25)10-17(22)12-29-15(3)9-21(28-29)23-26-19-7-5-16(24(30)31-4)11-20(19)27-23/h5-11,14H,12-13H2,1-4H3,(H,26,27). The molecule has 0 aliphatic rings. The molecule has 0 bridgehead atoms.